The molecular weight excluding hydrogens is 386 g/mol. The van der Waals surface area contributed by atoms with E-state index in [0.29, 0.717) is 31.3 Å². The quantitative estimate of drug-likeness (QED) is 0.573. The Morgan fingerprint density at radius 3 is 1.90 bits per heavy atom. The van der Waals surface area contributed by atoms with Gasteiger partial charge in [0.1, 0.15) is 6.61 Å². The lowest BCUT2D eigenvalue weighted by Crippen LogP contribution is -2.24. The highest BCUT2D eigenvalue weighted by Gasteiger charge is 2.08. The van der Waals surface area contributed by atoms with Crippen LogP contribution >= 0.6 is 0 Å². The van der Waals surface area contributed by atoms with Crippen molar-refractivity contribution in [3.05, 3.63) is 72.3 Å². The molecule has 2 rings (SSSR count). The summed E-state index contributed by atoms with van der Waals surface area (Å²) in [7, 11) is 4.15. The maximum absolute atomic E-state index is 9.55. The molecule has 0 fully saturated rings. The topological polar surface area (TPSA) is 96.3 Å². The van der Waals surface area contributed by atoms with Crippen molar-refractivity contribution < 1.29 is 29.3 Å². The standard InChI is InChI=1S/C19H25NO2.C4H4O4/c1-16(13-20(2)3)14-21-18-11-7-8-12-19(18)22-15-17-9-5-4-6-10-17;5-3(6)1-2-4(7)8/h4-12,16H,13-15H2,1-3H3;1-2H,(H,5,6)(H,7,8). The van der Waals surface area contributed by atoms with Crippen LogP contribution in [-0.4, -0.2) is 54.3 Å². The van der Waals surface area contributed by atoms with Gasteiger partial charge < -0.3 is 24.6 Å². The summed E-state index contributed by atoms with van der Waals surface area (Å²) >= 11 is 0. The number of carboxylic acid groups (broad SMARTS) is 2. The van der Waals surface area contributed by atoms with Crippen molar-refractivity contribution in [2.45, 2.75) is 13.5 Å². The van der Waals surface area contributed by atoms with Crippen LogP contribution < -0.4 is 9.47 Å². The number of para-hydroxylation sites is 2. The number of aliphatic carboxylic acids is 2. The first kappa shape index (κ1) is 24.7. The maximum Gasteiger partial charge on any atom is 0.328 e. The molecule has 2 N–H and O–H groups in total. The Bertz CT molecular complexity index is 788. The molecule has 7 heteroatoms. The van der Waals surface area contributed by atoms with Crippen LogP contribution in [0.3, 0.4) is 0 Å². The Morgan fingerprint density at radius 2 is 1.40 bits per heavy atom. The number of ether oxygens (including phenoxy) is 2. The lowest BCUT2D eigenvalue weighted by atomic mass is 10.2. The number of carbonyl (C=O) groups is 2. The van der Waals surface area contributed by atoms with Gasteiger partial charge in [0, 0.05) is 24.6 Å². The van der Waals surface area contributed by atoms with Crippen molar-refractivity contribution in [3.63, 3.8) is 0 Å². The molecule has 30 heavy (non-hydrogen) atoms. The van der Waals surface area contributed by atoms with Crippen molar-refractivity contribution in [3.8, 4) is 11.5 Å². The van der Waals surface area contributed by atoms with Crippen LogP contribution in [0.15, 0.2) is 66.7 Å². The summed E-state index contributed by atoms with van der Waals surface area (Å²) in [4.78, 5) is 21.3. The van der Waals surface area contributed by atoms with Crippen LogP contribution in [0.25, 0.3) is 0 Å². The molecule has 2 aromatic rings. The summed E-state index contributed by atoms with van der Waals surface area (Å²) in [5, 5.41) is 15.6. The third-order valence-corrected chi connectivity index (χ3v) is 3.65. The van der Waals surface area contributed by atoms with E-state index in [1.54, 1.807) is 0 Å². The average molecular weight is 415 g/mol. The molecule has 0 spiro atoms. The second-order valence-electron chi connectivity index (χ2n) is 6.91. The molecule has 2 aromatic carbocycles. The number of rotatable bonds is 10. The molecule has 0 aromatic heterocycles. The van der Waals surface area contributed by atoms with Crippen LogP contribution in [0.5, 0.6) is 11.5 Å². The molecular formula is C23H29NO6. The third-order valence-electron chi connectivity index (χ3n) is 3.65. The largest absolute Gasteiger partial charge is 0.489 e. The van der Waals surface area contributed by atoms with Gasteiger partial charge in [0.25, 0.3) is 0 Å². The van der Waals surface area contributed by atoms with E-state index >= 15 is 0 Å². The predicted molar refractivity (Wildman–Crippen MR) is 115 cm³/mol. The van der Waals surface area contributed by atoms with E-state index in [0.717, 1.165) is 23.6 Å². The molecule has 0 aliphatic carbocycles. The number of nitrogens with zero attached hydrogens (tertiary/aromatic N) is 1. The fraction of sp³-hybridized carbons (Fsp3) is 0.304. The van der Waals surface area contributed by atoms with Gasteiger partial charge >= 0.3 is 11.9 Å². The highest BCUT2D eigenvalue weighted by atomic mass is 16.5. The third kappa shape index (κ3) is 11.5. The van der Waals surface area contributed by atoms with Crippen molar-refractivity contribution in [1.82, 2.24) is 4.90 Å². The van der Waals surface area contributed by atoms with E-state index in [1.807, 2.05) is 42.5 Å². The van der Waals surface area contributed by atoms with Gasteiger partial charge in [-0.25, -0.2) is 9.59 Å². The second kappa shape index (κ2) is 13.8. The lowest BCUT2D eigenvalue weighted by Gasteiger charge is -2.18. The molecule has 0 aliphatic heterocycles. The maximum atomic E-state index is 9.55. The lowest BCUT2D eigenvalue weighted by molar-refractivity contribution is -0.134. The number of hydrogen-bond donors (Lipinski definition) is 2. The molecule has 162 valence electrons. The van der Waals surface area contributed by atoms with E-state index in [1.165, 1.54) is 0 Å². The Balaban J connectivity index is 0.000000479. The first-order valence-electron chi connectivity index (χ1n) is 9.45. The Hall–Kier alpha value is -3.32. The van der Waals surface area contributed by atoms with E-state index in [-0.39, 0.29) is 0 Å². The fourth-order valence-corrected chi connectivity index (χ4v) is 2.47. The molecule has 0 saturated carbocycles. The molecule has 0 heterocycles. The molecule has 1 atom stereocenters. The van der Waals surface area contributed by atoms with E-state index in [2.05, 4.69) is 38.1 Å². The summed E-state index contributed by atoms with van der Waals surface area (Å²) in [6, 6.07) is 18.0. The van der Waals surface area contributed by atoms with Crippen LogP contribution in [0.1, 0.15) is 12.5 Å². The van der Waals surface area contributed by atoms with Crippen molar-refractivity contribution in [2.75, 3.05) is 27.2 Å². The Labute approximate surface area is 177 Å². The van der Waals surface area contributed by atoms with Gasteiger partial charge in [-0.15, -0.1) is 0 Å². The van der Waals surface area contributed by atoms with Gasteiger partial charge in [-0.3, -0.25) is 0 Å². The highest BCUT2D eigenvalue weighted by molar-refractivity contribution is 5.89. The van der Waals surface area contributed by atoms with Crippen molar-refractivity contribution in [1.29, 1.82) is 0 Å². The SMILES string of the molecule is CC(COc1ccccc1OCc1ccccc1)CN(C)C.O=C(O)C=CC(=O)O. The summed E-state index contributed by atoms with van der Waals surface area (Å²) in [5.74, 6) is -0.440. The van der Waals surface area contributed by atoms with Crippen LogP contribution in [0, 0.1) is 5.92 Å². The van der Waals surface area contributed by atoms with E-state index in [4.69, 9.17) is 19.7 Å². The van der Waals surface area contributed by atoms with Gasteiger partial charge in [-0.05, 0) is 31.8 Å². The smallest absolute Gasteiger partial charge is 0.328 e. The first-order valence-corrected chi connectivity index (χ1v) is 9.45. The first-order chi connectivity index (χ1) is 14.3. The Kier molecular flexibility index (Phi) is 11.4. The fourth-order valence-electron chi connectivity index (χ4n) is 2.47. The molecule has 1 unspecified atom stereocenters. The van der Waals surface area contributed by atoms with E-state index < -0.39 is 11.9 Å². The molecule has 0 saturated heterocycles. The average Bonchev–Trinajstić information content (AvgIpc) is 2.70. The summed E-state index contributed by atoms with van der Waals surface area (Å²) in [6.07, 6.45) is 1.12. The normalized spacial score (nSPS) is 11.5. The predicted octanol–water partition coefficient (Wildman–Crippen LogP) is 3.55. The minimum atomic E-state index is -1.26. The zero-order valence-electron chi connectivity index (χ0n) is 17.5. The molecule has 0 aliphatic rings. The monoisotopic (exact) mass is 415 g/mol. The highest BCUT2D eigenvalue weighted by Crippen LogP contribution is 2.27. The summed E-state index contributed by atoms with van der Waals surface area (Å²) < 4.78 is 11.8. The van der Waals surface area contributed by atoms with Gasteiger partial charge in [-0.1, -0.05) is 49.4 Å². The van der Waals surface area contributed by atoms with E-state index in [9.17, 15) is 9.59 Å². The Morgan fingerprint density at radius 1 is 0.900 bits per heavy atom. The van der Waals surface area contributed by atoms with Crippen LogP contribution in [-0.2, 0) is 16.2 Å². The summed E-state index contributed by atoms with van der Waals surface area (Å²) in [5.41, 5.74) is 1.15. The number of carboxylic acids is 2. The molecule has 0 bridgehead atoms. The molecule has 0 amide bonds. The minimum Gasteiger partial charge on any atom is -0.489 e. The van der Waals surface area contributed by atoms with Crippen molar-refractivity contribution in [2.24, 2.45) is 5.92 Å². The summed E-state index contributed by atoms with van der Waals surface area (Å²) in [6.45, 7) is 4.43. The van der Waals surface area contributed by atoms with Crippen molar-refractivity contribution >= 4 is 11.9 Å². The molecule has 0 radical (unpaired) electrons. The molecule has 7 nitrogen and oxygen atoms in total. The minimum absolute atomic E-state index is 0.470. The van der Waals surface area contributed by atoms with Gasteiger partial charge in [0.15, 0.2) is 11.5 Å². The second-order valence-corrected chi connectivity index (χ2v) is 6.91. The van der Waals surface area contributed by atoms with Gasteiger partial charge in [0.2, 0.25) is 0 Å². The van der Waals surface area contributed by atoms with Gasteiger partial charge in [0.05, 0.1) is 6.61 Å². The zero-order chi connectivity index (χ0) is 22.4. The number of benzene rings is 2. The van der Waals surface area contributed by atoms with Crippen LogP contribution in [0.4, 0.5) is 0 Å². The zero-order valence-corrected chi connectivity index (χ0v) is 17.5. The van der Waals surface area contributed by atoms with Gasteiger partial charge in [-0.2, -0.15) is 0 Å². The van der Waals surface area contributed by atoms with Crippen LogP contribution in [0.2, 0.25) is 0 Å². The number of hydrogen-bond acceptors (Lipinski definition) is 5.